The molecule has 1 fully saturated rings. The summed E-state index contributed by atoms with van der Waals surface area (Å²) in [6, 6.07) is 6.90. The molecule has 2 rings (SSSR count). The van der Waals surface area contributed by atoms with Crippen LogP contribution in [0.3, 0.4) is 0 Å². The van der Waals surface area contributed by atoms with Gasteiger partial charge in [0.15, 0.2) is 0 Å². The largest absolute Gasteiger partial charge is 0.368 e. The molecule has 0 aromatic heterocycles. The molecule has 0 bridgehead atoms. The molecular weight excluding hydrogens is 280 g/mol. The Kier molecular flexibility index (Phi) is 5.21. The minimum Gasteiger partial charge on any atom is -0.368 e. The molecule has 0 amide bonds. The van der Waals surface area contributed by atoms with Crippen LogP contribution >= 0.6 is 11.6 Å². The van der Waals surface area contributed by atoms with Crippen molar-refractivity contribution in [1.82, 2.24) is 5.32 Å². The number of anilines is 1. The fourth-order valence-electron chi connectivity index (χ4n) is 2.94. The van der Waals surface area contributed by atoms with Crippen LogP contribution in [-0.4, -0.2) is 18.1 Å². The lowest BCUT2D eigenvalue weighted by Crippen LogP contribution is -2.42. The number of halogens is 1. The Hall–Kier alpha value is -0.730. The topological polar surface area (TPSA) is 15.3 Å². The van der Waals surface area contributed by atoms with E-state index in [1.807, 2.05) is 6.07 Å². The zero-order valence-corrected chi connectivity index (χ0v) is 14.8. The summed E-state index contributed by atoms with van der Waals surface area (Å²) in [5.74, 6) is 0.753. The van der Waals surface area contributed by atoms with Gasteiger partial charge in [0.2, 0.25) is 0 Å². The van der Waals surface area contributed by atoms with E-state index in [1.54, 1.807) is 0 Å². The van der Waals surface area contributed by atoms with Gasteiger partial charge in [0, 0.05) is 35.4 Å². The second-order valence-electron chi connectivity index (χ2n) is 7.56. The molecule has 1 heterocycles. The highest BCUT2D eigenvalue weighted by molar-refractivity contribution is 6.30. The molecule has 3 heteroatoms. The number of rotatable bonds is 3. The van der Waals surface area contributed by atoms with Crippen molar-refractivity contribution in [3.05, 3.63) is 28.8 Å². The fourth-order valence-corrected chi connectivity index (χ4v) is 3.10. The molecule has 2 atom stereocenters. The summed E-state index contributed by atoms with van der Waals surface area (Å²) in [7, 11) is 0. The molecule has 2 unspecified atom stereocenters. The van der Waals surface area contributed by atoms with Crippen molar-refractivity contribution < 1.29 is 0 Å². The van der Waals surface area contributed by atoms with Crippen molar-refractivity contribution in [1.29, 1.82) is 0 Å². The highest BCUT2D eigenvalue weighted by Crippen LogP contribution is 2.32. The number of hydrogen-bond acceptors (Lipinski definition) is 2. The molecule has 2 nitrogen and oxygen atoms in total. The average Bonchev–Trinajstić information content (AvgIpc) is 2.39. The molecule has 0 spiro atoms. The van der Waals surface area contributed by atoms with Crippen LogP contribution in [0.25, 0.3) is 0 Å². The Morgan fingerprint density at radius 2 is 1.95 bits per heavy atom. The van der Waals surface area contributed by atoms with E-state index in [-0.39, 0.29) is 5.54 Å². The van der Waals surface area contributed by atoms with E-state index in [2.05, 4.69) is 57.0 Å². The van der Waals surface area contributed by atoms with Crippen molar-refractivity contribution in [2.45, 2.75) is 65.6 Å². The zero-order chi connectivity index (χ0) is 15.6. The third-order valence-electron chi connectivity index (χ3n) is 4.28. The predicted molar refractivity (Wildman–Crippen MR) is 93.3 cm³/mol. The first kappa shape index (κ1) is 16.6. The summed E-state index contributed by atoms with van der Waals surface area (Å²) >= 11 is 6.26. The standard InChI is InChI=1S/C18H29ClN2/c1-13-6-7-14(2)21(12-13)17-10-16(19)9-8-15(17)11-20-18(3,4)5/h8-10,13-14,20H,6-7,11-12H2,1-5H3. The average molecular weight is 309 g/mol. The van der Waals surface area contributed by atoms with Crippen LogP contribution in [0.5, 0.6) is 0 Å². The first-order chi connectivity index (χ1) is 9.76. The second kappa shape index (κ2) is 6.58. The summed E-state index contributed by atoms with van der Waals surface area (Å²) in [5, 5.41) is 4.42. The molecule has 1 aromatic rings. The van der Waals surface area contributed by atoms with Gasteiger partial charge >= 0.3 is 0 Å². The fraction of sp³-hybridized carbons (Fsp3) is 0.667. The number of nitrogens with one attached hydrogen (secondary N) is 1. The van der Waals surface area contributed by atoms with E-state index in [1.165, 1.54) is 24.1 Å². The molecule has 1 aliphatic rings. The number of hydrogen-bond donors (Lipinski definition) is 1. The predicted octanol–water partition coefficient (Wildman–Crippen LogP) is 4.85. The van der Waals surface area contributed by atoms with Crippen LogP contribution < -0.4 is 10.2 Å². The summed E-state index contributed by atoms with van der Waals surface area (Å²) in [6.07, 6.45) is 2.59. The van der Waals surface area contributed by atoms with E-state index in [0.29, 0.717) is 6.04 Å². The maximum Gasteiger partial charge on any atom is 0.0429 e. The Bertz CT molecular complexity index is 479. The SMILES string of the molecule is CC1CCC(C)N(c2cc(Cl)ccc2CNC(C)(C)C)C1. The monoisotopic (exact) mass is 308 g/mol. The maximum atomic E-state index is 6.26. The third-order valence-corrected chi connectivity index (χ3v) is 4.52. The summed E-state index contributed by atoms with van der Waals surface area (Å²) in [6.45, 7) is 13.3. The summed E-state index contributed by atoms with van der Waals surface area (Å²) in [5.41, 5.74) is 2.77. The molecule has 0 radical (unpaired) electrons. The van der Waals surface area contributed by atoms with Crippen molar-refractivity contribution >= 4 is 17.3 Å². The van der Waals surface area contributed by atoms with Gasteiger partial charge in [-0.2, -0.15) is 0 Å². The molecule has 21 heavy (non-hydrogen) atoms. The van der Waals surface area contributed by atoms with Gasteiger partial charge in [0.05, 0.1) is 0 Å². The lowest BCUT2D eigenvalue weighted by atomic mass is 9.93. The lowest BCUT2D eigenvalue weighted by molar-refractivity contribution is 0.387. The molecule has 1 aromatic carbocycles. The number of piperidine rings is 1. The van der Waals surface area contributed by atoms with Crippen molar-refractivity contribution in [3.8, 4) is 0 Å². The van der Waals surface area contributed by atoms with Crippen molar-refractivity contribution in [2.75, 3.05) is 11.4 Å². The summed E-state index contributed by atoms with van der Waals surface area (Å²) in [4.78, 5) is 2.54. The van der Waals surface area contributed by atoms with Gasteiger partial charge in [-0.1, -0.05) is 24.6 Å². The smallest absolute Gasteiger partial charge is 0.0429 e. The Morgan fingerprint density at radius 3 is 2.62 bits per heavy atom. The van der Waals surface area contributed by atoms with Gasteiger partial charge in [-0.05, 0) is 64.2 Å². The molecule has 118 valence electrons. The van der Waals surface area contributed by atoms with E-state index >= 15 is 0 Å². The quantitative estimate of drug-likeness (QED) is 0.858. The second-order valence-corrected chi connectivity index (χ2v) is 8.00. The molecule has 1 aliphatic heterocycles. The van der Waals surface area contributed by atoms with Gasteiger partial charge in [-0.3, -0.25) is 0 Å². The molecule has 1 saturated heterocycles. The Balaban J connectivity index is 2.25. The zero-order valence-electron chi connectivity index (χ0n) is 14.0. The van der Waals surface area contributed by atoms with Gasteiger partial charge in [0.1, 0.15) is 0 Å². The van der Waals surface area contributed by atoms with Gasteiger partial charge in [0.25, 0.3) is 0 Å². The van der Waals surface area contributed by atoms with Crippen molar-refractivity contribution in [3.63, 3.8) is 0 Å². The lowest BCUT2D eigenvalue weighted by Gasteiger charge is -2.40. The number of nitrogens with zero attached hydrogens (tertiary/aromatic N) is 1. The first-order valence-electron chi connectivity index (χ1n) is 8.06. The van der Waals surface area contributed by atoms with Gasteiger partial charge in [-0.25, -0.2) is 0 Å². The Morgan fingerprint density at radius 1 is 1.24 bits per heavy atom. The van der Waals surface area contributed by atoms with Gasteiger partial charge in [-0.15, -0.1) is 0 Å². The van der Waals surface area contributed by atoms with Crippen LogP contribution in [0.15, 0.2) is 18.2 Å². The molecule has 0 saturated carbocycles. The Labute approximate surface area is 134 Å². The highest BCUT2D eigenvalue weighted by atomic mass is 35.5. The maximum absolute atomic E-state index is 6.26. The molecule has 0 aliphatic carbocycles. The van der Waals surface area contributed by atoms with Crippen LogP contribution in [-0.2, 0) is 6.54 Å². The van der Waals surface area contributed by atoms with E-state index in [9.17, 15) is 0 Å². The van der Waals surface area contributed by atoms with Crippen LogP contribution in [0.1, 0.15) is 53.0 Å². The highest BCUT2D eigenvalue weighted by Gasteiger charge is 2.25. The molecule has 1 N–H and O–H groups in total. The van der Waals surface area contributed by atoms with E-state index in [4.69, 9.17) is 11.6 Å². The van der Waals surface area contributed by atoms with Crippen LogP contribution in [0.2, 0.25) is 5.02 Å². The first-order valence-corrected chi connectivity index (χ1v) is 8.44. The van der Waals surface area contributed by atoms with Gasteiger partial charge < -0.3 is 10.2 Å². The normalized spacial score (nSPS) is 23.4. The third kappa shape index (κ3) is 4.62. The van der Waals surface area contributed by atoms with Crippen molar-refractivity contribution in [2.24, 2.45) is 5.92 Å². The van der Waals surface area contributed by atoms with Crippen LogP contribution in [0.4, 0.5) is 5.69 Å². The minimum atomic E-state index is 0.123. The molecular formula is C18H29ClN2. The van der Waals surface area contributed by atoms with E-state index in [0.717, 1.165) is 24.0 Å². The van der Waals surface area contributed by atoms with E-state index < -0.39 is 0 Å². The number of benzene rings is 1. The summed E-state index contributed by atoms with van der Waals surface area (Å²) < 4.78 is 0. The van der Waals surface area contributed by atoms with Crippen LogP contribution in [0, 0.1) is 5.92 Å². The minimum absolute atomic E-state index is 0.123.